The van der Waals surface area contributed by atoms with Gasteiger partial charge in [-0.05, 0) is 42.8 Å². The molecule has 0 atom stereocenters. The molecule has 0 aliphatic rings. The zero-order valence-electron chi connectivity index (χ0n) is 12.4. The molecule has 0 unspecified atom stereocenters. The second-order valence-corrected chi connectivity index (χ2v) is 5.15. The first kappa shape index (κ1) is 14.3. The van der Waals surface area contributed by atoms with Crippen LogP contribution in [0.3, 0.4) is 0 Å². The van der Waals surface area contributed by atoms with Crippen LogP contribution < -0.4 is 5.32 Å². The number of carbonyl (C=O) groups excluding carboxylic acids is 1. The maximum Gasteiger partial charge on any atom is 0.204 e. The Hall–Kier alpha value is -2.69. The summed E-state index contributed by atoms with van der Waals surface area (Å²) in [5.74, 6) is 0.247. The summed E-state index contributed by atoms with van der Waals surface area (Å²) in [5, 5.41) is 3.00. The summed E-state index contributed by atoms with van der Waals surface area (Å²) in [4.78, 5) is 16.9. The standard InChI is InChI=1S/C17H16FN3O/c1-11-9-12(7-8-13(11)18)16(22)10-21-15-6-4-3-5-14(15)20-17(21)19-2/h3-9H,10H2,1-2H3,(H,19,20). The minimum atomic E-state index is -0.305. The van der Waals surface area contributed by atoms with E-state index in [0.29, 0.717) is 17.1 Å². The molecule has 1 heterocycles. The number of Topliss-reactive ketones (excluding diaryl/α,β-unsaturated/α-hetero) is 1. The third-order valence-corrected chi connectivity index (χ3v) is 3.66. The number of rotatable bonds is 4. The van der Waals surface area contributed by atoms with E-state index in [9.17, 15) is 9.18 Å². The quantitative estimate of drug-likeness (QED) is 0.751. The lowest BCUT2D eigenvalue weighted by Gasteiger charge is -2.08. The van der Waals surface area contributed by atoms with Gasteiger partial charge in [0.25, 0.3) is 0 Å². The fourth-order valence-corrected chi connectivity index (χ4v) is 2.48. The van der Waals surface area contributed by atoms with Crippen molar-refractivity contribution in [1.82, 2.24) is 9.55 Å². The molecule has 4 nitrogen and oxygen atoms in total. The highest BCUT2D eigenvalue weighted by molar-refractivity contribution is 5.97. The zero-order chi connectivity index (χ0) is 15.7. The molecule has 3 aromatic rings. The van der Waals surface area contributed by atoms with E-state index in [-0.39, 0.29) is 18.1 Å². The van der Waals surface area contributed by atoms with Gasteiger partial charge in [-0.25, -0.2) is 9.37 Å². The fourth-order valence-electron chi connectivity index (χ4n) is 2.48. The van der Waals surface area contributed by atoms with Gasteiger partial charge in [0.15, 0.2) is 5.78 Å². The highest BCUT2D eigenvalue weighted by Crippen LogP contribution is 2.20. The van der Waals surface area contributed by atoms with Crippen molar-refractivity contribution < 1.29 is 9.18 Å². The monoisotopic (exact) mass is 297 g/mol. The Morgan fingerprint density at radius 2 is 2.05 bits per heavy atom. The second-order valence-electron chi connectivity index (χ2n) is 5.15. The highest BCUT2D eigenvalue weighted by Gasteiger charge is 2.14. The number of ketones is 1. The molecule has 3 rings (SSSR count). The molecule has 0 fully saturated rings. The van der Waals surface area contributed by atoms with Gasteiger partial charge in [0.05, 0.1) is 17.6 Å². The SMILES string of the molecule is CNc1nc2ccccc2n1CC(=O)c1ccc(F)c(C)c1. The Morgan fingerprint density at radius 1 is 1.27 bits per heavy atom. The van der Waals surface area contributed by atoms with Gasteiger partial charge < -0.3 is 9.88 Å². The average molecular weight is 297 g/mol. The number of halogens is 1. The van der Waals surface area contributed by atoms with Crippen LogP contribution in [0.15, 0.2) is 42.5 Å². The van der Waals surface area contributed by atoms with Gasteiger partial charge >= 0.3 is 0 Å². The number of aromatic nitrogens is 2. The molecule has 2 aromatic carbocycles. The summed E-state index contributed by atoms with van der Waals surface area (Å²) in [7, 11) is 1.77. The second kappa shape index (κ2) is 5.60. The molecular formula is C17H16FN3O. The highest BCUT2D eigenvalue weighted by atomic mass is 19.1. The van der Waals surface area contributed by atoms with Crippen LogP contribution >= 0.6 is 0 Å². The Morgan fingerprint density at radius 3 is 2.77 bits per heavy atom. The van der Waals surface area contributed by atoms with Gasteiger partial charge in [0, 0.05) is 12.6 Å². The number of aryl methyl sites for hydroxylation is 1. The van der Waals surface area contributed by atoms with Crippen LogP contribution in [0.2, 0.25) is 0 Å². The summed E-state index contributed by atoms with van der Waals surface area (Å²) in [6.07, 6.45) is 0. The Balaban J connectivity index is 1.98. The predicted octanol–water partition coefficient (Wildman–Crippen LogP) is 3.41. The Labute approximate surface area is 127 Å². The molecule has 0 radical (unpaired) electrons. The molecule has 112 valence electrons. The number of fused-ring (bicyclic) bond motifs is 1. The van der Waals surface area contributed by atoms with Gasteiger partial charge in [-0.2, -0.15) is 0 Å². The lowest BCUT2D eigenvalue weighted by molar-refractivity contribution is 0.0974. The number of anilines is 1. The summed E-state index contributed by atoms with van der Waals surface area (Å²) in [5.41, 5.74) is 2.68. The molecule has 1 aromatic heterocycles. The van der Waals surface area contributed by atoms with Crippen LogP contribution in [0.25, 0.3) is 11.0 Å². The largest absolute Gasteiger partial charge is 0.359 e. The number of imidazole rings is 1. The lowest BCUT2D eigenvalue weighted by Crippen LogP contribution is -2.13. The Bertz CT molecular complexity index is 854. The smallest absolute Gasteiger partial charge is 0.204 e. The minimum Gasteiger partial charge on any atom is -0.359 e. The van der Waals surface area contributed by atoms with Crippen molar-refractivity contribution >= 4 is 22.8 Å². The van der Waals surface area contributed by atoms with E-state index in [1.165, 1.54) is 12.1 Å². The van der Waals surface area contributed by atoms with Gasteiger partial charge in [0.2, 0.25) is 5.95 Å². The van der Waals surface area contributed by atoms with Gasteiger partial charge in [-0.15, -0.1) is 0 Å². The van der Waals surface area contributed by atoms with Crippen molar-refractivity contribution in [1.29, 1.82) is 0 Å². The van der Waals surface area contributed by atoms with Crippen LogP contribution in [0.5, 0.6) is 0 Å². The van der Waals surface area contributed by atoms with Crippen molar-refractivity contribution in [3.8, 4) is 0 Å². The number of benzene rings is 2. The number of nitrogens with one attached hydrogen (secondary N) is 1. The zero-order valence-corrected chi connectivity index (χ0v) is 12.4. The van der Waals surface area contributed by atoms with Gasteiger partial charge in [0.1, 0.15) is 5.82 Å². The van der Waals surface area contributed by atoms with E-state index in [1.54, 1.807) is 20.0 Å². The van der Waals surface area contributed by atoms with Crippen molar-refractivity contribution in [3.63, 3.8) is 0 Å². The third-order valence-electron chi connectivity index (χ3n) is 3.66. The van der Waals surface area contributed by atoms with Crippen LogP contribution in [-0.4, -0.2) is 22.4 Å². The number of nitrogens with zero attached hydrogens (tertiary/aromatic N) is 2. The van der Waals surface area contributed by atoms with E-state index in [4.69, 9.17) is 0 Å². The van der Waals surface area contributed by atoms with Crippen molar-refractivity contribution in [2.24, 2.45) is 0 Å². The first-order valence-electron chi connectivity index (χ1n) is 7.02. The third kappa shape index (κ3) is 2.45. The van der Waals surface area contributed by atoms with E-state index < -0.39 is 0 Å². The molecule has 0 aliphatic heterocycles. The minimum absolute atomic E-state index is 0.0808. The maximum atomic E-state index is 13.3. The lowest BCUT2D eigenvalue weighted by atomic mass is 10.1. The molecular weight excluding hydrogens is 281 g/mol. The number of hydrogen-bond donors (Lipinski definition) is 1. The van der Waals surface area contributed by atoms with Crippen LogP contribution in [0, 0.1) is 12.7 Å². The summed E-state index contributed by atoms with van der Waals surface area (Å²) < 4.78 is 15.2. The van der Waals surface area contributed by atoms with Crippen LogP contribution in [0.4, 0.5) is 10.3 Å². The predicted molar refractivity (Wildman–Crippen MR) is 84.7 cm³/mol. The topological polar surface area (TPSA) is 46.9 Å². The number of carbonyl (C=O) groups is 1. The molecule has 0 spiro atoms. The van der Waals surface area contributed by atoms with Gasteiger partial charge in [-0.1, -0.05) is 12.1 Å². The van der Waals surface area contributed by atoms with Crippen molar-refractivity contribution in [2.45, 2.75) is 13.5 Å². The molecule has 0 amide bonds. The van der Waals surface area contributed by atoms with Crippen LogP contribution in [-0.2, 0) is 6.54 Å². The van der Waals surface area contributed by atoms with Crippen molar-refractivity contribution in [3.05, 3.63) is 59.4 Å². The normalized spacial score (nSPS) is 10.9. The fraction of sp³-hybridized carbons (Fsp3) is 0.176. The molecule has 1 N–H and O–H groups in total. The first-order valence-corrected chi connectivity index (χ1v) is 7.02. The Kier molecular flexibility index (Phi) is 3.63. The molecule has 0 saturated heterocycles. The van der Waals surface area contributed by atoms with E-state index in [0.717, 1.165) is 11.0 Å². The molecule has 5 heteroatoms. The van der Waals surface area contributed by atoms with Crippen molar-refractivity contribution in [2.75, 3.05) is 12.4 Å². The van der Waals surface area contributed by atoms with E-state index in [1.807, 2.05) is 28.8 Å². The van der Waals surface area contributed by atoms with E-state index >= 15 is 0 Å². The average Bonchev–Trinajstić information content (AvgIpc) is 2.88. The summed E-state index contributed by atoms with van der Waals surface area (Å²) in [6.45, 7) is 1.81. The molecule has 22 heavy (non-hydrogen) atoms. The van der Waals surface area contributed by atoms with E-state index in [2.05, 4.69) is 10.3 Å². The maximum absolute atomic E-state index is 13.3. The number of para-hydroxylation sites is 2. The number of hydrogen-bond acceptors (Lipinski definition) is 3. The molecule has 0 saturated carbocycles. The molecule has 0 aliphatic carbocycles. The first-order chi connectivity index (χ1) is 10.6. The van der Waals surface area contributed by atoms with Crippen LogP contribution in [0.1, 0.15) is 15.9 Å². The van der Waals surface area contributed by atoms with Gasteiger partial charge in [-0.3, -0.25) is 4.79 Å². The summed E-state index contributed by atoms with van der Waals surface area (Å²) >= 11 is 0. The summed E-state index contributed by atoms with van der Waals surface area (Å²) in [6, 6.07) is 12.1. The molecule has 0 bridgehead atoms.